The van der Waals surface area contributed by atoms with E-state index in [1.54, 1.807) is 6.08 Å². The van der Waals surface area contributed by atoms with Crippen LogP contribution < -0.4 is 0 Å². The third-order valence-corrected chi connectivity index (χ3v) is 5.10. The number of hydrogen-bond acceptors (Lipinski definition) is 4. The van der Waals surface area contributed by atoms with E-state index < -0.39 is 0 Å². The fraction of sp³-hybridized carbons (Fsp3) is 0.520. The van der Waals surface area contributed by atoms with Crippen molar-refractivity contribution in [2.24, 2.45) is 0 Å². The smallest absolute Gasteiger partial charge is 0.334 e. The maximum Gasteiger partial charge on any atom is 0.334 e. The molecule has 0 saturated carbocycles. The van der Waals surface area contributed by atoms with Crippen molar-refractivity contribution < 1.29 is 19.1 Å². The Balaban J connectivity index is 1.66. The van der Waals surface area contributed by atoms with Crippen molar-refractivity contribution in [1.82, 2.24) is 0 Å². The Labute approximate surface area is 175 Å². The van der Waals surface area contributed by atoms with Gasteiger partial charge in [0.15, 0.2) is 0 Å². The summed E-state index contributed by atoms with van der Waals surface area (Å²) in [6, 6.07) is 0. The Bertz CT molecular complexity index is 758. The average Bonchev–Trinajstić information content (AvgIpc) is 3.20. The second-order valence-electron chi connectivity index (χ2n) is 8.25. The molecular weight excluding hydrogens is 364 g/mol. The molecule has 2 aliphatic heterocycles. The lowest BCUT2D eigenvalue weighted by atomic mass is 10.0. The number of ether oxygens (including phenoxy) is 2. The van der Waals surface area contributed by atoms with Gasteiger partial charge in [0.05, 0.1) is 0 Å². The first-order valence-electron chi connectivity index (χ1n) is 10.6. The first kappa shape index (κ1) is 22.9. The lowest BCUT2D eigenvalue weighted by Crippen LogP contribution is -2.02. The molecule has 0 radical (unpaired) electrons. The second kappa shape index (κ2) is 11.6. The highest BCUT2D eigenvalue weighted by Gasteiger charge is 2.26. The van der Waals surface area contributed by atoms with Crippen molar-refractivity contribution >= 4 is 11.9 Å². The third-order valence-electron chi connectivity index (χ3n) is 5.10. The van der Waals surface area contributed by atoms with Crippen LogP contribution in [0.15, 0.2) is 58.2 Å². The summed E-state index contributed by atoms with van der Waals surface area (Å²) in [5.74, 6) is -0.381. The van der Waals surface area contributed by atoms with Gasteiger partial charge in [0, 0.05) is 18.1 Å². The largest absolute Gasteiger partial charge is 0.458 e. The Hall–Kier alpha value is -2.36. The molecule has 0 aromatic heterocycles. The molecule has 2 rings (SSSR count). The van der Waals surface area contributed by atoms with Gasteiger partial charge in [-0.3, -0.25) is 0 Å². The lowest BCUT2D eigenvalue weighted by Gasteiger charge is -2.02. The molecular formula is C25H34O4. The van der Waals surface area contributed by atoms with E-state index in [-0.39, 0.29) is 18.0 Å². The van der Waals surface area contributed by atoms with Crippen molar-refractivity contribution in [3.05, 3.63) is 58.2 Å². The van der Waals surface area contributed by atoms with E-state index in [0.717, 1.165) is 49.7 Å². The molecule has 0 bridgehead atoms. The SMILES string of the molecule is CC(C)=CC1C/C(=C\CC/C(C)=C/CC/C(C)=C/CCC2=CC(=O)OC2)C(=O)O1. The van der Waals surface area contributed by atoms with Crippen molar-refractivity contribution in [3.63, 3.8) is 0 Å². The number of esters is 2. The molecule has 1 saturated heterocycles. The van der Waals surface area contributed by atoms with Gasteiger partial charge in [-0.25, -0.2) is 9.59 Å². The summed E-state index contributed by atoms with van der Waals surface area (Å²) in [7, 11) is 0. The van der Waals surface area contributed by atoms with E-state index in [1.807, 2.05) is 26.0 Å². The van der Waals surface area contributed by atoms with E-state index in [9.17, 15) is 9.59 Å². The van der Waals surface area contributed by atoms with E-state index in [2.05, 4.69) is 26.0 Å². The minimum Gasteiger partial charge on any atom is -0.458 e. The van der Waals surface area contributed by atoms with Crippen LogP contribution in [0, 0.1) is 0 Å². The third kappa shape index (κ3) is 8.68. The highest BCUT2D eigenvalue weighted by atomic mass is 16.5. The summed E-state index contributed by atoms with van der Waals surface area (Å²) in [6.45, 7) is 8.81. The lowest BCUT2D eigenvalue weighted by molar-refractivity contribution is -0.137. The minimum absolute atomic E-state index is 0.0943. The zero-order valence-corrected chi connectivity index (χ0v) is 18.3. The normalized spacial score (nSPS) is 21.3. The van der Waals surface area contributed by atoms with E-state index >= 15 is 0 Å². The number of allylic oxidation sites excluding steroid dienone is 6. The Kier molecular flexibility index (Phi) is 9.17. The molecule has 0 amide bonds. The molecule has 29 heavy (non-hydrogen) atoms. The van der Waals surface area contributed by atoms with E-state index in [0.29, 0.717) is 13.0 Å². The molecule has 4 nitrogen and oxygen atoms in total. The van der Waals surface area contributed by atoms with Crippen molar-refractivity contribution in [2.45, 2.75) is 78.7 Å². The van der Waals surface area contributed by atoms with Gasteiger partial charge < -0.3 is 9.47 Å². The van der Waals surface area contributed by atoms with E-state index in [4.69, 9.17) is 9.47 Å². The van der Waals surface area contributed by atoms with Crippen molar-refractivity contribution in [1.29, 1.82) is 0 Å². The molecule has 1 atom stereocenters. The number of hydrogen-bond donors (Lipinski definition) is 0. The average molecular weight is 399 g/mol. The topological polar surface area (TPSA) is 52.6 Å². The predicted molar refractivity (Wildman–Crippen MR) is 116 cm³/mol. The van der Waals surface area contributed by atoms with Gasteiger partial charge in [-0.15, -0.1) is 0 Å². The number of carbonyl (C=O) groups is 2. The summed E-state index contributed by atoms with van der Waals surface area (Å²) in [6.07, 6.45) is 16.6. The molecule has 0 N–H and O–H groups in total. The van der Waals surface area contributed by atoms with Crippen LogP contribution in [0.3, 0.4) is 0 Å². The second-order valence-corrected chi connectivity index (χ2v) is 8.25. The van der Waals surface area contributed by atoms with Crippen molar-refractivity contribution in [3.8, 4) is 0 Å². The monoisotopic (exact) mass is 398 g/mol. The van der Waals surface area contributed by atoms with Crippen LogP contribution in [-0.2, 0) is 19.1 Å². The van der Waals surface area contributed by atoms with Gasteiger partial charge in [0.2, 0.25) is 0 Å². The van der Waals surface area contributed by atoms with Gasteiger partial charge in [0.25, 0.3) is 0 Å². The van der Waals surface area contributed by atoms with Crippen LogP contribution in [-0.4, -0.2) is 24.6 Å². The highest BCUT2D eigenvalue weighted by molar-refractivity contribution is 5.90. The molecule has 2 aliphatic rings. The zero-order chi connectivity index (χ0) is 21.2. The summed E-state index contributed by atoms with van der Waals surface area (Å²) >= 11 is 0. The predicted octanol–water partition coefficient (Wildman–Crippen LogP) is 5.91. The van der Waals surface area contributed by atoms with Crippen LogP contribution in [0.1, 0.15) is 72.6 Å². The molecule has 0 aromatic carbocycles. The zero-order valence-electron chi connectivity index (χ0n) is 18.3. The molecule has 1 unspecified atom stereocenters. The molecule has 0 aliphatic carbocycles. The quantitative estimate of drug-likeness (QED) is 0.261. The number of cyclic esters (lactones) is 2. The van der Waals surface area contributed by atoms with Crippen LogP contribution in [0.4, 0.5) is 0 Å². The molecule has 0 aromatic rings. The molecule has 158 valence electrons. The summed E-state index contributed by atoms with van der Waals surface area (Å²) in [4.78, 5) is 22.9. The van der Waals surface area contributed by atoms with Crippen molar-refractivity contribution in [2.75, 3.05) is 6.61 Å². The molecule has 0 spiro atoms. The molecule has 2 heterocycles. The van der Waals surface area contributed by atoms with Gasteiger partial charge in [-0.1, -0.05) is 34.9 Å². The van der Waals surface area contributed by atoms with Crippen LogP contribution in [0.25, 0.3) is 0 Å². The van der Waals surface area contributed by atoms with E-state index in [1.165, 1.54) is 16.7 Å². The number of rotatable bonds is 10. The fourth-order valence-corrected chi connectivity index (χ4v) is 3.47. The Morgan fingerprint density at radius 2 is 1.72 bits per heavy atom. The first-order valence-corrected chi connectivity index (χ1v) is 10.6. The molecule has 1 fully saturated rings. The summed E-state index contributed by atoms with van der Waals surface area (Å²) in [5.41, 5.74) is 5.80. The standard InChI is InChI=1S/C25H34O4/c1-18(2)14-23-16-22(25(27)29-23)13-7-11-20(4)9-5-8-19(3)10-6-12-21-15-24(26)28-17-21/h9-10,13-15,23H,5-8,11-12,16-17H2,1-4H3/b19-10+,20-9+,22-13+. The van der Waals surface area contributed by atoms with Crippen LogP contribution in [0.2, 0.25) is 0 Å². The van der Waals surface area contributed by atoms with Gasteiger partial charge in [-0.05, 0) is 77.9 Å². The Morgan fingerprint density at radius 3 is 2.38 bits per heavy atom. The van der Waals surface area contributed by atoms with Gasteiger partial charge in [0.1, 0.15) is 12.7 Å². The van der Waals surface area contributed by atoms with Crippen LogP contribution >= 0.6 is 0 Å². The molecule has 4 heteroatoms. The fourth-order valence-electron chi connectivity index (χ4n) is 3.47. The minimum atomic E-state index is -0.213. The highest BCUT2D eigenvalue weighted by Crippen LogP contribution is 2.23. The first-order chi connectivity index (χ1) is 13.8. The maximum atomic E-state index is 11.9. The Morgan fingerprint density at radius 1 is 1.03 bits per heavy atom. The van der Waals surface area contributed by atoms with Gasteiger partial charge >= 0.3 is 11.9 Å². The maximum absolute atomic E-state index is 11.9. The number of carbonyl (C=O) groups excluding carboxylic acids is 2. The van der Waals surface area contributed by atoms with Crippen LogP contribution in [0.5, 0.6) is 0 Å². The summed E-state index contributed by atoms with van der Waals surface area (Å²) in [5, 5.41) is 0. The van der Waals surface area contributed by atoms with Gasteiger partial charge in [-0.2, -0.15) is 0 Å². The summed E-state index contributed by atoms with van der Waals surface area (Å²) < 4.78 is 10.3.